The lowest BCUT2D eigenvalue weighted by molar-refractivity contribution is -0.131. The third kappa shape index (κ3) is 4.48. The number of anilines is 2. The predicted molar refractivity (Wildman–Crippen MR) is 164 cm³/mol. The number of esters is 1. The van der Waals surface area contributed by atoms with Gasteiger partial charge in [0.1, 0.15) is 23.2 Å². The number of halogens is 1. The summed E-state index contributed by atoms with van der Waals surface area (Å²) in [5.41, 5.74) is 4.34. The summed E-state index contributed by atoms with van der Waals surface area (Å²) in [5.74, 6) is -0.927. The second-order valence-corrected chi connectivity index (χ2v) is 11.3. The Morgan fingerprint density at radius 3 is 2.14 bits per heavy atom. The van der Waals surface area contributed by atoms with Gasteiger partial charge in [-0.15, -0.1) is 0 Å². The fourth-order valence-corrected chi connectivity index (χ4v) is 6.10. The Kier molecular flexibility index (Phi) is 6.94. The number of hydrogen-bond acceptors (Lipinski definition) is 6. The fraction of sp³-hybridized carbons (Fsp3) is 0.147. The number of nitrogens with zero attached hydrogens (tertiary/aromatic N) is 2. The largest absolute Gasteiger partial charge is 0.497 e. The predicted octanol–water partition coefficient (Wildman–Crippen LogP) is 6.99. The van der Waals surface area contributed by atoms with E-state index in [1.165, 1.54) is 0 Å². The first-order valence-electron chi connectivity index (χ1n) is 13.4. The van der Waals surface area contributed by atoms with E-state index in [1.54, 1.807) is 53.3 Å². The second kappa shape index (κ2) is 10.6. The molecule has 2 aliphatic rings. The lowest BCUT2D eigenvalue weighted by Gasteiger charge is -2.47. The molecule has 4 aromatic rings. The molecule has 210 valence electrons. The van der Waals surface area contributed by atoms with Crippen LogP contribution in [0.15, 0.2) is 101 Å². The Balaban J connectivity index is 1.68. The standard InChI is InChI=1S/C34H27BrN2O5/c1-19-17-20(2)28(21(3)18-19)31(38)29-30-34(40)42-27-8-6-5-7-26(27)37(30)32(22-9-11-23(35)12-10-22)36(33(29)39)24-13-15-25(41-4)16-14-24/h5-18,32H,1-4H3. The van der Waals surface area contributed by atoms with Crippen molar-refractivity contribution in [1.82, 2.24) is 0 Å². The van der Waals surface area contributed by atoms with Gasteiger partial charge in [-0.25, -0.2) is 4.79 Å². The van der Waals surface area contributed by atoms with E-state index < -0.39 is 23.8 Å². The number of Topliss-reactive ketones (excluding diaryl/α,β-unsaturated/α-hetero) is 1. The summed E-state index contributed by atoms with van der Waals surface area (Å²) in [5, 5.41) is 0. The Morgan fingerprint density at radius 1 is 0.857 bits per heavy atom. The second-order valence-electron chi connectivity index (χ2n) is 10.4. The summed E-state index contributed by atoms with van der Waals surface area (Å²) >= 11 is 3.50. The minimum atomic E-state index is -0.806. The van der Waals surface area contributed by atoms with Crippen molar-refractivity contribution in [3.05, 3.63) is 128 Å². The van der Waals surface area contributed by atoms with Gasteiger partial charge in [-0.05, 0) is 86.0 Å². The van der Waals surface area contributed by atoms with E-state index >= 15 is 0 Å². The van der Waals surface area contributed by atoms with E-state index in [0.29, 0.717) is 28.4 Å². The van der Waals surface area contributed by atoms with Gasteiger partial charge in [0.05, 0.1) is 12.8 Å². The summed E-state index contributed by atoms with van der Waals surface area (Å²) in [6.07, 6.45) is -0.806. The van der Waals surface area contributed by atoms with Crippen LogP contribution in [0.4, 0.5) is 11.4 Å². The first kappa shape index (κ1) is 27.5. The number of methoxy groups -OCH3 is 1. The molecule has 7 nitrogen and oxygen atoms in total. The highest BCUT2D eigenvalue weighted by atomic mass is 79.9. The van der Waals surface area contributed by atoms with Crippen molar-refractivity contribution in [3.63, 3.8) is 0 Å². The van der Waals surface area contributed by atoms with E-state index in [2.05, 4.69) is 15.9 Å². The van der Waals surface area contributed by atoms with Crippen LogP contribution in [0.1, 0.15) is 38.8 Å². The van der Waals surface area contributed by atoms with Crippen LogP contribution in [0.5, 0.6) is 11.5 Å². The number of amides is 1. The average Bonchev–Trinajstić information content (AvgIpc) is 2.96. The van der Waals surface area contributed by atoms with Crippen LogP contribution >= 0.6 is 15.9 Å². The summed E-state index contributed by atoms with van der Waals surface area (Å²) in [6.45, 7) is 5.63. The molecular formula is C34H27BrN2O5. The van der Waals surface area contributed by atoms with Gasteiger partial charge in [-0.3, -0.25) is 14.5 Å². The third-order valence-corrected chi connectivity index (χ3v) is 8.10. The lowest BCUT2D eigenvalue weighted by Crippen LogP contribution is -2.55. The van der Waals surface area contributed by atoms with E-state index in [0.717, 1.165) is 26.7 Å². The molecule has 0 bridgehead atoms. The monoisotopic (exact) mass is 622 g/mol. The molecule has 4 aromatic carbocycles. The number of hydrogen-bond donors (Lipinski definition) is 0. The number of ether oxygens (including phenoxy) is 2. The van der Waals surface area contributed by atoms with Crippen LogP contribution in [0, 0.1) is 20.8 Å². The highest BCUT2D eigenvalue weighted by molar-refractivity contribution is 9.10. The van der Waals surface area contributed by atoms with Crippen molar-refractivity contribution in [3.8, 4) is 11.5 Å². The maximum Gasteiger partial charge on any atom is 0.361 e. The number of carbonyl (C=O) groups is 3. The van der Waals surface area contributed by atoms with Gasteiger partial charge in [0.2, 0.25) is 5.78 Å². The quantitative estimate of drug-likeness (QED) is 0.103. The van der Waals surface area contributed by atoms with Crippen LogP contribution in [0.3, 0.4) is 0 Å². The molecule has 0 fully saturated rings. The van der Waals surface area contributed by atoms with Crippen LogP contribution in [0.25, 0.3) is 0 Å². The minimum Gasteiger partial charge on any atom is -0.497 e. The van der Waals surface area contributed by atoms with Gasteiger partial charge < -0.3 is 14.4 Å². The Labute approximate surface area is 252 Å². The number of benzene rings is 4. The molecule has 0 radical (unpaired) electrons. The lowest BCUT2D eigenvalue weighted by atomic mass is 9.88. The van der Waals surface area contributed by atoms with Gasteiger partial charge in [-0.1, -0.05) is 57.9 Å². The van der Waals surface area contributed by atoms with Gasteiger partial charge >= 0.3 is 5.97 Å². The maximum atomic E-state index is 14.7. The van der Waals surface area contributed by atoms with Crippen molar-refractivity contribution in [2.24, 2.45) is 0 Å². The zero-order valence-electron chi connectivity index (χ0n) is 23.5. The molecule has 6 rings (SSSR count). The molecule has 1 atom stereocenters. The smallest absolute Gasteiger partial charge is 0.361 e. The number of rotatable bonds is 5. The molecule has 1 amide bonds. The molecule has 0 saturated heterocycles. The highest BCUT2D eigenvalue weighted by Crippen LogP contribution is 2.48. The van der Waals surface area contributed by atoms with Crippen molar-refractivity contribution in [2.75, 3.05) is 16.9 Å². The van der Waals surface area contributed by atoms with Crippen LogP contribution < -0.4 is 19.3 Å². The first-order valence-corrected chi connectivity index (χ1v) is 14.2. The molecule has 2 heterocycles. The van der Waals surface area contributed by atoms with E-state index in [-0.39, 0.29) is 11.3 Å². The van der Waals surface area contributed by atoms with Gasteiger partial charge in [0.25, 0.3) is 5.91 Å². The van der Waals surface area contributed by atoms with Gasteiger partial charge in [0.15, 0.2) is 5.75 Å². The molecule has 0 N–H and O–H groups in total. The molecule has 0 aliphatic carbocycles. The topological polar surface area (TPSA) is 76.1 Å². The van der Waals surface area contributed by atoms with Gasteiger partial charge in [0, 0.05) is 15.7 Å². The molecule has 0 saturated carbocycles. The van der Waals surface area contributed by atoms with E-state index in [1.807, 2.05) is 69.3 Å². The highest BCUT2D eigenvalue weighted by Gasteiger charge is 2.50. The van der Waals surface area contributed by atoms with Crippen LogP contribution in [-0.4, -0.2) is 24.8 Å². The number of para-hydroxylation sites is 2. The zero-order chi connectivity index (χ0) is 29.7. The molecule has 42 heavy (non-hydrogen) atoms. The zero-order valence-corrected chi connectivity index (χ0v) is 25.1. The van der Waals surface area contributed by atoms with Crippen LogP contribution in [-0.2, 0) is 9.59 Å². The maximum absolute atomic E-state index is 14.7. The Morgan fingerprint density at radius 2 is 1.50 bits per heavy atom. The minimum absolute atomic E-state index is 0.0826. The number of ketones is 1. The molecule has 0 spiro atoms. The summed E-state index contributed by atoms with van der Waals surface area (Å²) in [6, 6.07) is 25.5. The molecule has 2 aliphatic heterocycles. The van der Waals surface area contributed by atoms with Crippen molar-refractivity contribution >= 4 is 45.0 Å². The molecule has 1 unspecified atom stereocenters. The summed E-state index contributed by atoms with van der Waals surface area (Å²) in [7, 11) is 1.57. The Hall–Kier alpha value is -4.69. The summed E-state index contributed by atoms with van der Waals surface area (Å²) < 4.78 is 12.0. The van der Waals surface area contributed by atoms with Crippen LogP contribution in [0.2, 0.25) is 0 Å². The van der Waals surface area contributed by atoms with Crippen molar-refractivity contribution in [2.45, 2.75) is 26.9 Å². The number of aryl methyl sites for hydroxylation is 3. The third-order valence-electron chi connectivity index (χ3n) is 7.57. The molecule has 0 aromatic heterocycles. The fourth-order valence-electron chi connectivity index (χ4n) is 5.84. The summed E-state index contributed by atoms with van der Waals surface area (Å²) in [4.78, 5) is 46.3. The number of carbonyl (C=O) groups excluding carboxylic acids is 3. The first-order chi connectivity index (χ1) is 20.2. The Bertz CT molecular complexity index is 1770. The SMILES string of the molecule is COc1ccc(N2C(=O)C(C(=O)c3c(C)cc(C)cc3C)=C3C(=O)Oc4ccccc4N3C2c2ccc(Br)cc2)cc1. The molecule has 8 heteroatoms. The van der Waals surface area contributed by atoms with E-state index in [4.69, 9.17) is 9.47 Å². The number of fused-ring (bicyclic) bond motifs is 3. The average molecular weight is 624 g/mol. The normalized spacial score (nSPS) is 16.2. The van der Waals surface area contributed by atoms with E-state index in [9.17, 15) is 14.4 Å². The van der Waals surface area contributed by atoms with Gasteiger partial charge in [-0.2, -0.15) is 0 Å². The van der Waals surface area contributed by atoms with Crippen molar-refractivity contribution < 1.29 is 23.9 Å². The molecular weight excluding hydrogens is 596 g/mol. The van der Waals surface area contributed by atoms with Crippen molar-refractivity contribution in [1.29, 1.82) is 0 Å².